The first kappa shape index (κ1) is 41.0. The van der Waals surface area contributed by atoms with Gasteiger partial charge in [0, 0.05) is 73.5 Å². The van der Waals surface area contributed by atoms with E-state index < -0.39 is 24.1 Å². The Morgan fingerprint density at radius 1 is 1.02 bits per heavy atom. The van der Waals surface area contributed by atoms with E-state index in [1.54, 1.807) is 17.8 Å². The van der Waals surface area contributed by atoms with Crippen LogP contribution in [-0.4, -0.2) is 112 Å². The standard InChI is InChI=1S/C45H53N9O6/c1-4-19-49-44(2)17-23-53(24-18-44)32-15-21-54(22-16-32)42-50-37-13-10-30(36-27-52(3)41(56)39-34(36)14-20-46-39)25-35(37)40(51-42)45(60-33-11-12-33,31-8-6-5-7-9-31)28-59-29-48-38(55)26-47-43(57)58/h1,5-10,13-14,20,25,27,32-33,46-47,49H,11-12,15-19,21-24,26,28-29H2,2-3H3,(H,48,55)(H,57,58). The van der Waals surface area contributed by atoms with Gasteiger partial charge in [-0.2, -0.15) is 0 Å². The third-order valence-electron chi connectivity index (χ3n) is 12.3. The number of likely N-dealkylation sites (tertiary alicyclic amines) is 1. The minimum Gasteiger partial charge on any atom is -0.465 e. The summed E-state index contributed by atoms with van der Waals surface area (Å²) in [6.07, 6.45) is 13.6. The minimum atomic E-state index is -1.29. The molecule has 1 atom stereocenters. The number of amides is 2. The summed E-state index contributed by atoms with van der Waals surface area (Å²) >= 11 is 0. The SMILES string of the molecule is C#CCNC1(C)CCN(C2CCN(c3nc(C(COCNC(=O)CNC(=O)O)(OC4CC4)c4ccccc4)c4cc(-c5cn(C)c(=O)c6[nH]ccc56)ccc4n3)CC2)CC1. The Morgan fingerprint density at radius 2 is 1.78 bits per heavy atom. The van der Waals surface area contributed by atoms with Crippen molar-refractivity contribution in [1.82, 2.24) is 40.4 Å². The summed E-state index contributed by atoms with van der Waals surface area (Å²) in [5.74, 6) is 2.80. The number of fused-ring (bicyclic) bond motifs is 2. The van der Waals surface area contributed by atoms with Crippen molar-refractivity contribution in [3.05, 3.63) is 88.6 Å². The van der Waals surface area contributed by atoms with Gasteiger partial charge in [0.2, 0.25) is 11.9 Å². The molecular weight excluding hydrogens is 763 g/mol. The first-order chi connectivity index (χ1) is 29.1. The largest absolute Gasteiger partial charge is 0.465 e. The van der Waals surface area contributed by atoms with E-state index in [-0.39, 0.29) is 30.5 Å². The second-order valence-electron chi connectivity index (χ2n) is 16.5. The number of H-pyrrole nitrogens is 1. The Morgan fingerprint density at radius 3 is 2.50 bits per heavy atom. The number of terminal acetylenes is 1. The maximum absolute atomic E-state index is 13.0. The molecule has 2 aliphatic heterocycles. The molecule has 1 saturated carbocycles. The maximum Gasteiger partial charge on any atom is 0.405 e. The number of carbonyl (C=O) groups excluding carboxylic acids is 1. The molecule has 1 unspecified atom stereocenters. The van der Waals surface area contributed by atoms with Gasteiger partial charge in [0.05, 0.1) is 30.5 Å². The zero-order valence-corrected chi connectivity index (χ0v) is 34.2. The Bertz CT molecular complexity index is 2440. The van der Waals surface area contributed by atoms with Crippen LogP contribution in [0.4, 0.5) is 10.7 Å². The molecule has 5 aromatic rings. The van der Waals surface area contributed by atoms with Crippen LogP contribution in [-0.2, 0) is 26.9 Å². The number of aromatic amines is 1. The maximum atomic E-state index is 13.0. The van der Waals surface area contributed by atoms with Gasteiger partial charge < -0.3 is 49.9 Å². The summed E-state index contributed by atoms with van der Waals surface area (Å²) in [5, 5.41) is 18.8. The third kappa shape index (κ3) is 8.73. The molecule has 3 aromatic heterocycles. The van der Waals surface area contributed by atoms with Crippen LogP contribution >= 0.6 is 0 Å². The predicted octanol–water partition coefficient (Wildman–Crippen LogP) is 4.30. The van der Waals surface area contributed by atoms with Crippen molar-refractivity contribution in [3.63, 3.8) is 0 Å². The molecule has 314 valence electrons. The zero-order chi connectivity index (χ0) is 41.9. The van der Waals surface area contributed by atoms with Gasteiger partial charge in [0.25, 0.3) is 5.56 Å². The monoisotopic (exact) mass is 815 g/mol. The molecule has 0 bridgehead atoms. The van der Waals surface area contributed by atoms with Crippen molar-refractivity contribution >= 4 is 39.8 Å². The smallest absolute Gasteiger partial charge is 0.405 e. The molecule has 5 heterocycles. The molecule has 15 heteroatoms. The van der Waals surface area contributed by atoms with E-state index in [1.165, 1.54) is 0 Å². The Balaban J connectivity index is 1.18. The molecule has 5 N–H and O–H groups in total. The lowest BCUT2D eigenvalue weighted by Gasteiger charge is -2.45. The molecule has 2 saturated heterocycles. The molecule has 2 amide bonds. The van der Waals surface area contributed by atoms with Crippen LogP contribution in [0.25, 0.3) is 32.9 Å². The number of nitrogens with one attached hydrogen (secondary N) is 4. The topological polar surface area (TPSA) is 179 Å². The number of anilines is 1. The highest BCUT2D eigenvalue weighted by molar-refractivity contribution is 5.97. The molecule has 3 fully saturated rings. The van der Waals surface area contributed by atoms with Crippen molar-refractivity contribution in [1.29, 1.82) is 0 Å². The predicted molar refractivity (Wildman–Crippen MR) is 230 cm³/mol. The lowest BCUT2D eigenvalue weighted by Crippen LogP contribution is -2.55. The molecule has 60 heavy (non-hydrogen) atoms. The van der Waals surface area contributed by atoms with Crippen LogP contribution in [0.2, 0.25) is 0 Å². The van der Waals surface area contributed by atoms with Crippen molar-refractivity contribution in [2.24, 2.45) is 7.05 Å². The molecule has 0 spiro atoms. The van der Waals surface area contributed by atoms with Crippen LogP contribution < -0.4 is 26.4 Å². The first-order valence-electron chi connectivity index (χ1n) is 20.8. The van der Waals surface area contributed by atoms with E-state index in [0.717, 1.165) is 97.7 Å². The lowest BCUT2D eigenvalue weighted by atomic mass is 9.87. The van der Waals surface area contributed by atoms with E-state index in [9.17, 15) is 14.4 Å². The van der Waals surface area contributed by atoms with Crippen molar-refractivity contribution in [2.75, 3.05) is 57.5 Å². The van der Waals surface area contributed by atoms with Crippen molar-refractivity contribution < 1.29 is 24.2 Å². The number of benzene rings is 2. The number of carbonyl (C=O) groups is 2. The third-order valence-corrected chi connectivity index (χ3v) is 12.3. The second-order valence-corrected chi connectivity index (χ2v) is 16.5. The van der Waals surface area contributed by atoms with Gasteiger partial charge in [0.15, 0.2) is 5.60 Å². The fourth-order valence-electron chi connectivity index (χ4n) is 8.66. The number of rotatable bonds is 15. The Labute approximate surface area is 348 Å². The van der Waals surface area contributed by atoms with Crippen LogP contribution in [0.1, 0.15) is 56.7 Å². The van der Waals surface area contributed by atoms with Crippen molar-refractivity contribution in [3.8, 4) is 23.5 Å². The molecule has 8 rings (SSSR count). The number of carboxylic acid groups (broad SMARTS) is 1. The Kier molecular flexibility index (Phi) is 11.9. The number of ether oxygens (including phenoxy) is 2. The molecule has 2 aromatic carbocycles. The molecule has 15 nitrogen and oxygen atoms in total. The molecule has 0 radical (unpaired) electrons. The quantitative estimate of drug-likeness (QED) is 0.0578. The van der Waals surface area contributed by atoms with Gasteiger partial charge in [-0.3, -0.25) is 9.59 Å². The number of hydrogen-bond acceptors (Lipinski definition) is 10. The first-order valence-corrected chi connectivity index (χ1v) is 20.8. The van der Waals surface area contributed by atoms with Gasteiger partial charge in [0.1, 0.15) is 18.8 Å². The van der Waals surface area contributed by atoms with Crippen LogP contribution in [0, 0.1) is 12.3 Å². The van der Waals surface area contributed by atoms with E-state index in [0.29, 0.717) is 29.7 Å². The fraction of sp³-hybridized carbons (Fsp3) is 0.444. The van der Waals surface area contributed by atoms with E-state index in [2.05, 4.69) is 49.6 Å². The van der Waals surface area contributed by atoms with Gasteiger partial charge >= 0.3 is 6.09 Å². The summed E-state index contributed by atoms with van der Waals surface area (Å²) < 4.78 is 15.0. The Hall–Kier alpha value is -5.79. The summed E-state index contributed by atoms with van der Waals surface area (Å²) in [6, 6.07) is 18.4. The minimum absolute atomic E-state index is 0.00994. The highest BCUT2D eigenvalue weighted by atomic mass is 16.6. The summed E-state index contributed by atoms with van der Waals surface area (Å²) in [5.41, 5.74) is 3.18. The van der Waals surface area contributed by atoms with Gasteiger partial charge in [-0.1, -0.05) is 42.3 Å². The molecule has 3 aliphatic rings. The van der Waals surface area contributed by atoms with Gasteiger partial charge in [-0.15, -0.1) is 6.42 Å². The lowest BCUT2D eigenvalue weighted by molar-refractivity contribution is -0.124. The molecule has 1 aliphatic carbocycles. The van der Waals surface area contributed by atoms with E-state index >= 15 is 0 Å². The highest BCUT2D eigenvalue weighted by Crippen LogP contribution is 2.44. The highest BCUT2D eigenvalue weighted by Gasteiger charge is 2.45. The van der Waals surface area contributed by atoms with Crippen LogP contribution in [0.3, 0.4) is 0 Å². The number of nitrogens with zero attached hydrogens (tertiary/aromatic N) is 5. The number of aromatic nitrogens is 4. The van der Waals surface area contributed by atoms with Crippen LogP contribution in [0.5, 0.6) is 0 Å². The number of hydrogen-bond donors (Lipinski definition) is 5. The van der Waals surface area contributed by atoms with E-state index in [4.69, 9.17) is 31.0 Å². The van der Waals surface area contributed by atoms with Gasteiger partial charge in [-0.25, -0.2) is 14.8 Å². The van der Waals surface area contributed by atoms with Crippen LogP contribution in [0.15, 0.2) is 71.8 Å². The average molecular weight is 816 g/mol. The fourth-order valence-corrected chi connectivity index (χ4v) is 8.66. The summed E-state index contributed by atoms with van der Waals surface area (Å²) in [6.45, 7) is 5.88. The number of piperidine rings is 2. The summed E-state index contributed by atoms with van der Waals surface area (Å²) in [4.78, 5) is 55.2. The second kappa shape index (κ2) is 17.4. The molecular formula is C45H53N9O6. The zero-order valence-electron chi connectivity index (χ0n) is 34.2. The average Bonchev–Trinajstić information content (AvgIpc) is 3.95. The van der Waals surface area contributed by atoms with E-state index in [1.807, 2.05) is 54.7 Å². The van der Waals surface area contributed by atoms with Crippen molar-refractivity contribution in [2.45, 2.75) is 68.7 Å². The summed E-state index contributed by atoms with van der Waals surface area (Å²) in [7, 11) is 1.75. The normalized spacial score (nSPS) is 18.2. The number of pyridine rings is 1. The van der Waals surface area contributed by atoms with Gasteiger partial charge in [-0.05, 0) is 74.8 Å². The number of aryl methyl sites for hydroxylation is 1.